The lowest BCUT2D eigenvalue weighted by Crippen LogP contribution is -2.41. The fraction of sp³-hybridized carbons (Fsp3) is 0.438. The van der Waals surface area contributed by atoms with E-state index >= 15 is 0 Å². The van der Waals surface area contributed by atoms with E-state index in [0.717, 1.165) is 23.0 Å². The van der Waals surface area contributed by atoms with Crippen LogP contribution in [0.4, 0.5) is 8.78 Å². The minimum Gasteiger partial charge on any atom is -0.464 e. The van der Waals surface area contributed by atoms with Gasteiger partial charge in [-0.25, -0.2) is 18.3 Å². The average Bonchev–Trinajstić information content (AvgIpc) is 3.09. The Labute approximate surface area is 149 Å². The Morgan fingerprint density at radius 3 is 2.19 bits per heavy atom. The number of esters is 1. The molecule has 0 N–H and O–H groups in total. The molecule has 3 rings (SSSR count). The Balaban J connectivity index is 1.95. The number of rotatable bonds is 3. The summed E-state index contributed by atoms with van der Waals surface area (Å²) < 4.78 is 46.1. The predicted molar refractivity (Wildman–Crippen MR) is 88.3 cm³/mol. The Kier molecular flexibility index (Phi) is 4.36. The van der Waals surface area contributed by atoms with Crippen molar-refractivity contribution in [3.63, 3.8) is 0 Å². The molecule has 0 atom stereocenters. The lowest BCUT2D eigenvalue weighted by Gasteiger charge is -2.32. The third kappa shape index (κ3) is 2.99. The van der Waals surface area contributed by atoms with Crippen LogP contribution in [0, 0.1) is 11.6 Å². The smallest absolute Gasteiger partial charge is 0.464 e. The number of methoxy groups -OCH3 is 1. The van der Waals surface area contributed by atoms with Gasteiger partial charge in [0.1, 0.15) is 5.69 Å². The molecule has 26 heavy (non-hydrogen) atoms. The highest BCUT2D eigenvalue weighted by Gasteiger charge is 2.52. The minimum atomic E-state index is -0.903. The zero-order chi connectivity index (χ0) is 19.3. The summed E-state index contributed by atoms with van der Waals surface area (Å²) >= 11 is 0. The molecule has 1 aliphatic rings. The molecule has 0 spiro atoms. The normalized spacial score (nSPS) is 18.2. The van der Waals surface area contributed by atoms with Crippen molar-refractivity contribution in [3.8, 4) is 5.69 Å². The van der Waals surface area contributed by atoms with Gasteiger partial charge in [0.05, 0.1) is 24.5 Å². The van der Waals surface area contributed by atoms with Gasteiger partial charge in [0.2, 0.25) is 0 Å². The van der Waals surface area contributed by atoms with Crippen LogP contribution in [0.1, 0.15) is 38.2 Å². The monoisotopic (exact) mass is 365 g/mol. The Bertz CT molecular complexity index is 830. The minimum absolute atomic E-state index is 0.165. The molecule has 138 valence electrons. The van der Waals surface area contributed by atoms with Gasteiger partial charge < -0.3 is 14.0 Å². The first-order valence-corrected chi connectivity index (χ1v) is 7.91. The second-order valence-electron chi connectivity index (χ2n) is 6.96. The summed E-state index contributed by atoms with van der Waals surface area (Å²) in [6.07, 6.45) is 1.09. The van der Waals surface area contributed by atoms with Gasteiger partial charge in [-0.2, -0.15) is 0 Å². The number of benzene rings is 1. The zero-order valence-electron chi connectivity index (χ0n) is 15.0. The first kappa shape index (κ1) is 18.5. The largest absolute Gasteiger partial charge is 0.495 e. The topological polar surface area (TPSA) is 75.5 Å². The van der Waals surface area contributed by atoms with E-state index < -0.39 is 41.6 Å². The van der Waals surface area contributed by atoms with Crippen molar-refractivity contribution in [3.05, 3.63) is 35.7 Å². The molecule has 0 bridgehead atoms. The van der Waals surface area contributed by atoms with Crippen molar-refractivity contribution in [2.24, 2.45) is 0 Å². The highest BCUT2D eigenvalue weighted by molar-refractivity contribution is 6.62. The maximum Gasteiger partial charge on any atom is 0.495 e. The van der Waals surface area contributed by atoms with Gasteiger partial charge in [-0.15, -0.1) is 5.10 Å². The number of nitrogens with zero attached hydrogens (tertiary/aromatic N) is 3. The fourth-order valence-corrected chi connectivity index (χ4v) is 2.49. The number of carbonyl (C=O) groups is 1. The van der Waals surface area contributed by atoms with Crippen molar-refractivity contribution in [2.75, 3.05) is 7.11 Å². The molecule has 2 aromatic rings. The SMILES string of the molecule is COC(=O)c1cn(-c2c(F)cc(B3OC(C)(C)C(C)(C)O3)cc2F)nn1. The molecule has 10 heteroatoms. The van der Waals surface area contributed by atoms with Crippen LogP contribution in [-0.4, -0.2) is 46.4 Å². The molecule has 0 amide bonds. The summed E-state index contributed by atoms with van der Waals surface area (Å²) in [5, 5.41) is 7.11. The van der Waals surface area contributed by atoms with E-state index in [1.54, 1.807) is 0 Å². The van der Waals surface area contributed by atoms with Crippen molar-refractivity contribution in [1.29, 1.82) is 0 Å². The fourth-order valence-electron chi connectivity index (χ4n) is 2.49. The lowest BCUT2D eigenvalue weighted by atomic mass is 9.79. The standard InChI is InChI=1S/C16H18BF2N3O4/c1-15(2)16(3,4)26-17(25-15)9-6-10(18)13(11(19)7-9)22-8-12(20-21-22)14(23)24-5/h6-8H,1-5H3. The Morgan fingerprint density at radius 2 is 1.69 bits per heavy atom. The van der Waals surface area contributed by atoms with Gasteiger partial charge in [0, 0.05) is 0 Å². The highest BCUT2D eigenvalue weighted by Crippen LogP contribution is 2.36. The number of aromatic nitrogens is 3. The molecule has 1 aliphatic heterocycles. The number of carbonyl (C=O) groups excluding carboxylic acids is 1. The van der Waals surface area contributed by atoms with Gasteiger partial charge in [-0.1, -0.05) is 5.21 Å². The summed E-state index contributed by atoms with van der Waals surface area (Å²) in [6.45, 7) is 7.38. The maximum absolute atomic E-state index is 14.6. The molecule has 0 radical (unpaired) electrons. The first-order valence-electron chi connectivity index (χ1n) is 7.91. The molecule has 0 unspecified atom stereocenters. The second-order valence-corrected chi connectivity index (χ2v) is 6.96. The molecule has 2 heterocycles. The van der Waals surface area contributed by atoms with E-state index in [1.165, 1.54) is 7.11 Å². The molecule has 7 nitrogen and oxygen atoms in total. The number of hydrogen-bond acceptors (Lipinski definition) is 6. The Hall–Kier alpha value is -2.33. The van der Waals surface area contributed by atoms with Gasteiger partial charge in [-0.05, 0) is 45.3 Å². The van der Waals surface area contributed by atoms with Gasteiger partial charge in [-0.3, -0.25) is 0 Å². The highest BCUT2D eigenvalue weighted by atomic mass is 19.1. The average molecular weight is 365 g/mol. The summed E-state index contributed by atoms with van der Waals surface area (Å²) in [5.41, 5.74) is -1.69. The number of ether oxygens (including phenoxy) is 1. The lowest BCUT2D eigenvalue weighted by molar-refractivity contribution is 0.00578. The molecule has 1 saturated heterocycles. The summed E-state index contributed by atoms with van der Waals surface area (Å²) in [7, 11) is 0.265. The van der Waals surface area contributed by atoms with E-state index in [-0.39, 0.29) is 11.2 Å². The molecule has 1 fully saturated rings. The Morgan fingerprint density at radius 1 is 1.15 bits per heavy atom. The van der Waals surface area contributed by atoms with Crippen LogP contribution in [-0.2, 0) is 14.0 Å². The van der Waals surface area contributed by atoms with E-state index in [0.29, 0.717) is 0 Å². The van der Waals surface area contributed by atoms with Gasteiger partial charge >= 0.3 is 13.1 Å². The molecule has 0 saturated carbocycles. The van der Waals surface area contributed by atoms with Crippen LogP contribution in [0.5, 0.6) is 0 Å². The molecule has 1 aromatic carbocycles. The van der Waals surface area contributed by atoms with Crippen LogP contribution in [0.3, 0.4) is 0 Å². The van der Waals surface area contributed by atoms with E-state index in [2.05, 4.69) is 15.0 Å². The zero-order valence-corrected chi connectivity index (χ0v) is 15.0. The van der Waals surface area contributed by atoms with Crippen LogP contribution >= 0.6 is 0 Å². The molecular formula is C16H18BF2N3O4. The van der Waals surface area contributed by atoms with Crippen molar-refractivity contribution >= 4 is 18.6 Å². The van der Waals surface area contributed by atoms with Crippen LogP contribution < -0.4 is 5.46 Å². The third-order valence-electron chi connectivity index (χ3n) is 4.68. The van der Waals surface area contributed by atoms with E-state index in [4.69, 9.17) is 9.31 Å². The number of hydrogen-bond donors (Lipinski definition) is 0. The predicted octanol–water partition coefficient (Wildman–Crippen LogP) is 1.63. The van der Waals surface area contributed by atoms with Crippen LogP contribution in [0.25, 0.3) is 5.69 Å². The van der Waals surface area contributed by atoms with Crippen LogP contribution in [0.15, 0.2) is 18.3 Å². The van der Waals surface area contributed by atoms with Gasteiger partial charge in [0.15, 0.2) is 17.3 Å². The quantitative estimate of drug-likeness (QED) is 0.608. The van der Waals surface area contributed by atoms with Crippen molar-refractivity contribution in [1.82, 2.24) is 15.0 Å². The van der Waals surface area contributed by atoms with E-state index in [1.807, 2.05) is 27.7 Å². The molecule has 0 aliphatic carbocycles. The van der Waals surface area contributed by atoms with Gasteiger partial charge in [0.25, 0.3) is 0 Å². The number of halogens is 2. The van der Waals surface area contributed by atoms with Crippen molar-refractivity contribution in [2.45, 2.75) is 38.9 Å². The van der Waals surface area contributed by atoms with Crippen LogP contribution in [0.2, 0.25) is 0 Å². The third-order valence-corrected chi connectivity index (χ3v) is 4.68. The molecular weight excluding hydrogens is 347 g/mol. The molecule has 1 aromatic heterocycles. The maximum atomic E-state index is 14.6. The summed E-state index contributed by atoms with van der Waals surface area (Å²) in [5.74, 6) is -2.54. The van der Waals surface area contributed by atoms with Crippen molar-refractivity contribution < 1.29 is 27.6 Å². The first-order chi connectivity index (χ1) is 12.1. The second kappa shape index (κ2) is 6.13. The summed E-state index contributed by atoms with van der Waals surface area (Å²) in [6, 6.07) is 2.22. The summed E-state index contributed by atoms with van der Waals surface area (Å²) in [4.78, 5) is 11.4. The van der Waals surface area contributed by atoms with E-state index in [9.17, 15) is 13.6 Å².